The van der Waals surface area contributed by atoms with Gasteiger partial charge in [-0.25, -0.2) is 22.9 Å². The van der Waals surface area contributed by atoms with Crippen molar-refractivity contribution in [3.8, 4) is 23.2 Å². The summed E-state index contributed by atoms with van der Waals surface area (Å²) in [6, 6.07) is 5.67. The standard InChI is InChI=1S/C38H37Cl2F3N10O2S/c1-19(2)31-37(16-52(31)36(54)53-18-46-34(40)49-53)7-3-9-50(15-37)33-22-11-24(39)27(21-5-6-25(42)30-26(21)23(13-44)32(45)56-30)28(43)29(22)47-35(48-33)55-17-38-8-4-10-51(38)14-20(41)12-38/h5-6,11,18-20,31H,3-4,7-10,12,14-17,45H2,1-2H3/t20-,31+,37+,38+/m1/s1. The van der Waals surface area contributed by atoms with Gasteiger partial charge in [-0.1, -0.05) is 31.5 Å². The van der Waals surface area contributed by atoms with Gasteiger partial charge in [0.15, 0.2) is 5.82 Å². The van der Waals surface area contributed by atoms with E-state index in [2.05, 4.69) is 38.7 Å². The van der Waals surface area contributed by atoms with Crippen LogP contribution in [-0.2, 0) is 0 Å². The number of rotatable bonds is 6. The van der Waals surface area contributed by atoms with Gasteiger partial charge in [0.25, 0.3) is 0 Å². The average Bonchev–Trinajstić information content (AvgIpc) is 3.92. The lowest BCUT2D eigenvalue weighted by Crippen LogP contribution is -2.73. The first kappa shape index (κ1) is 37.2. The van der Waals surface area contributed by atoms with E-state index in [1.54, 1.807) is 11.0 Å². The summed E-state index contributed by atoms with van der Waals surface area (Å²) in [7, 11) is 0. The smallest absolute Gasteiger partial charge is 0.346 e. The Labute approximate surface area is 333 Å². The molecule has 0 aliphatic carbocycles. The van der Waals surface area contributed by atoms with Crippen molar-refractivity contribution in [1.29, 1.82) is 5.26 Å². The molecule has 4 aliphatic heterocycles. The van der Waals surface area contributed by atoms with Gasteiger partial charge in [-0.3, -0.25) is 4.90 Å². The van der Waals surface area contributed by atoms with Crippen LogP contribution < -0.4 is 15.4 Å². The van der Waals surface area contributed by atoms with Crippen LogP contribution in [0.15, 0.2) is 24.5 Å². The number of fused-ring (bicyclic) bond motifs is 3. The van der Waals surface area contributed by atoms with Crippen LogP contribution in [0, 0.1) is 34.3 Å². The number of alkyl halides is 1. The molecule has 56 heavy (non-hydrogen) atoms. The second kappa shape index (κ2) is 13.6. The SMILES string of the molecule is CC(C)[C@@H]1N(C(=O)n2cnc(Cl)n2)C[C@@]12CCCN(c1nc(OC[C@@]34CCCN3C[C@H](F)C4)nc3c(F)c(-c4ccc(F)c5sc(N)c(C#N)c45)c(Cl)cc13)C2. The number of thiophene rings is 1. The second-order valence-electron chi connectivity index (χ2n) is 15.8. The minimum Gasteiger partial charge on any atom is -0.461 e. The maximum absolute atomic E-state index is 17.3. The number of aromatic nitrogens is 5. The molecule has 12 nitrogen and oxygen atoms in total. The first-order chi connectivity index (χ1) is 26.8. The van der Waals surface area contributed by atoms with E-state index in [4.69, 9.17) is 38.7 Å². The number of piperidine rings is 1. The second-order valence-corrected chi connectivity index (χ2v) is 17.6. The van der Waals surface area contributed by atoms with Gasteiger partial charge < -0.3 is 20.3 Å². The molecule has 7 heterocycles. The average molecular weight is 826 g/mol. The summed E-state index contributed by atoms with van der Waals surface area (Å²) in [4.78, 5) is 33.0. The van der Waals surface area contributed by atoms with E-state index < -0.39 is 23.3 Å². The minimum absolute atomic E-state index is 0.00852. The zero-order valence-electron chi connectivity index (χ0n) is 30.5. The Morgan fingerprint density at radius 2 is 1.98 bits per heavy atom. The number of nitrogens with zero attached hydrogens (tertiary/aromatic N) is 9. The monoisotopic (exact) mass is 824 g/mol. The molecule has 1 amide bonds. The Bertz CT molecular complexity index is 2480. The molecule has 2 aromatic carbocycles. The van der Waals surface area contributed by atoms with Crippen molar-refractivity contribution in [3.63, 3.8) is 0 Å². The molecule has 4 aliphatic rings. The molecule has 4 atom stereocenters. The maximum Gasteiger partial charge on any atom is 0.346 e. The lowest BCUT2D eigenvalue weighted by atomic mass is 9.63. The number of amides is 1. The number of carbonyl (C=O) groups excluding carboxylic acids is 1. The number of nitrogens with two attached hydrogens (primary N) is 1. The van der Waals surface area contributed by atoms with Crippen molar-refractivity contribution >= 4 is 72.4 Å². The van der Waals surface area contributed by atoms with E-state index in [1.807, 2.05) is 6.07 Å². The zero-order chi connectivity index (χ0) is 39.3. The summed E-state index contributed by atoms with van der Waals surface area (Å²) in [6.07, 6.45) is 3.93. The van der Waals surface area contributed by atoms with Crippen molar-refractivity contribution in [3.05, 3.63) is 52.0 Å². The fourth-order valence-corrected chi connectivity index (χ4v) is 11.4. The van der Waals surface area contributed by atoms with E-state index in [0.29, 0.717) is 43.8 Å². The molecule has 0 saturated carbocycles. The lowest BCUT2D eigenvalue weighted by Gasteiger charge is -2.62. The van der Waals surface area contributed by atoms with E-state index in [1.165, 1.54) is 18.5 Å². The first-order valence-electron chi connectivity index (χ1n) is 18.6. The molecular weight excluding hydrogens is 788 g/mol. The number of likely N-dealkylation sites (tertiary alicyclic amines) is 1. The molecule has 0 unspecified atom stereocenters. The number of nitriles is 1. The predicted molar refractivity (Wildman–Crippen MR) is 208 cm³/mol. The number of nitrogen functional groups attached to an aromatic ring is 1. The molecule has 3 aromatic heterocycles. The molecule has 4 saturated heterocycles. The number of carbonyl (C=O) groups is 1. The van der Waals surface area contributed by atoms with Crippen LogP contribution in [0.5, 0.6) is 6.01 Å². The molecule has 5 aromatic rings. The van der Waals surface area contributed by atoms with Gasteiger partial charge in [-0.05, 0) is 67.4 Å². The van der Waals surface area contributed by atoms with Crippen LogP contribution in [0.25, 0.3) is 32.1 Å². The first-order valence-corrected chi connectivity index (χ1v) is 20.2. The Hall–Kier alpha value is -4.43. The molecule has 18 heteroatoms. The molecular formula is C38H37Cl2F3N10O2S. The number of benzene rings is 2. The van der Waals surface area contributed by atoms with Crippen molar-refractivity contribution < 1.29 is 22.7 Å². The molecule has 292 valence electrons. The highest BCUT2D eigenvalue weighted by molar-refractivity contribution is 7.23. The van der Waals surface area contributed by atoms with Gasteiger partial charge in [0.05, 0.1) is 20.8 Å². The third kappa shape index (κ3) is 5.75. The van der Waals surface area contributed by atoms with Crippen LogP contribution in [0.3, 0.4) is 0 Å². The normalized spacial score (nSPS) is 25.1. The number of hydrogen-bond donors (Lipinski definition) is 1. The molecule has 1 spiro atoms. The predicted octanol–water partition coefficient (Wildman–Crippen LogP) is 7.69. The van der Waals surface area contributed by atoms with E-state index in [9.17, 15) is 14.4 Å². The molecule has 2 N–H and O–H groups in total. The fraction of sp³-hybridized carbons (Fsp3) is 0.474. The summed E-state index contributed by atoms with van der Waals surface area (Å²) < 4.78 is 54.7. The van der Waals surface area contributed by atoms with Crippen LogP contribution in [0.1, 0.15) is 51.5 Å². The molecule has 4 fully saturated rings. The van der Waals surface area contributed by atoms with Crippen LogP contribution in [0.2, 0.25) is 10.3 Å². The number of ether oxygens (including phenoxy) is 1. The van der Waals surface area contributed by atoms with Gasteiger partial charge in [-0.15, -0.1) is 16.4 Å². The summed E-state index contributed by atoms with van der Waals surface area (Å²) in [6.45, 7) is 6.89. The van der Waals surface area contributed by atoms with Gasteiger partial charge in [0.1, 0.15) is 47.3 Å². The third-order valence-electron chi connectivity index (χ3n) is 12.2. The highest BCUT2D eigenvalue weighted by Crippen LogP contribution is 2.51. The highest BCUT2D eigenvalue weighted by atomic mass is 35.5. The summed E-state index contributed by atoms with van der Waals surface area (Å²) in [5.74, 6) is -0.906. The van der Waals surface area contributed by atoms with Gasteiger partial charge in [0.2, 0.25) is 5.28 Å². The molecule has 0 bridgehead atoms. The Kier molecular flexibility index (Phi) is 9.03. The summed E-state index contributed by atoms with van der Waals surface area (Å²) in [5, 5.41) is 14.6. The van der Waals surface area contributed by atoms with Crippen LogP contribution in [-0.4, -0.2) is 97.6 Å². The Balaban J connectivity index is 1.15. The number of anilines is 2. The Morgan fingerprint density at radius 3 is 2.73 bits per heavy atom. The van der Waals surface area contributed by atoms with Gasteiger partial charge in [-0.2, -0.15) is 19.9 Å². The van der Waals surface area contributed by atoms with Crippen molar-refractivity contribution in [1.82, 2.24) is 34.5 Å². The van der Waals surface area contributed by atoms with Crippen molar-refractivity contribution in [2.75, 3.05) is 50.0 Å². The maximum atomic E-state index is 17.3. The molecule has 0 radical (unpaired) electrons. The third-order valence-corrected chi connectivity index (χ3v) is 13.7. The van der Waals surface area contributed by atoms with Crippen molar-refractivity contribution in [2.24, 2.45) is 11.3 Å². The van der Waals surface area contributed by atoms with Crippen LogP contribution >= 0.6 is 34.5 Å². The van der Waals surface area contributed by atoms with E-state index in [0.717, 1.165) is 48.2 Å². The Morgan fingerprint density at radius 1 is 1.18 bits per heavy atom. The van der Waals surface area contributed by atoms with E-state index in [-0.39, 0.29) is 83.6 Å². The minimum atomic E-state index is -0.972. The number of halogens is 5. The zero-order valence-corrected chi connectivity index (χ0v) is 32.9. The highest BCUT2D eigenvalue weighted by Gasteiger charge is 2.57. The van der Waals surface area contributed by atoms with Gasteiger partial charge >= 0.3 is 12.0 Å². The largest absolute Gasteiger partial charge is 0.461 e. The summed E-state index contributed by atoms with van der Waals surface area (Å²) in [5.41, 5.74) is 5.36. The topological polar surface area (TPSA) is 142 Å². The van der Waals surface area contributed by atoms with Crippen molar-refractivity contribution in [2.45, 2.75) is 63.7 Å². The van der Waals surface area contributed by atoms with Crippen LogP contribution in [0.4, 0.5) is 28.8 Å². The van der Waals surface area contributed by atoms with E-state index >= 15 is 8.78 Å². The molecule has 9 rings (SSSR count). The fourth-order valence-electron chi connectivity index (χ4n) is 10.0. The quantitative estimate of drug-likeness (QED) is 0.181. The summed E-state index contributed by atoms with van der Waals surface area (Å²) >= 11 is 13.8. The lowest BCUT2D eigenvalue weighted by molar-refractivity contribution is -0.0739. The number of hydrogen-bond acceptors (Lipinski definition) is 11. The van der Waals surface area contributed by atoms with Gasteiger partial charge in [0, 0.05) is 60.4 Å².